The van der Waals surface area contributed by atoms with Gasteiger partial charge in [0.15, 0.2) is 0 Å². The molecule has 0 fully saturated rings. The molecule has 0 atom stereocenters. The van der Waals surface area contributed by atoms with Crippen molar-refractivity contribution in [2.45, 2.75) is 27.2 Å². The monoisotopic (exact) mass is 376 g/mol. The minimum absolute atomic E-state index is 0.0528. The van der Waals surface area contributed by atoms with E-state index in [2.05, 4.69) is 33.6 Å². The summed E-state index contributed by atoms with van der Waals surface area (Å²) in [5.41, 5.74) is 4.13. The Morgan fingerprint density at radius 2 is 1.79 bits per heavy atom. The number of anilines is 2. The van der Waals surface area contributed by atoms with Gasteiger partial charge in [0.1, 0.15) is 17.9 Å². The van der Waals surface area contributed by atoms with Crippen molar-refractivity contribution in [3.05, 3.63) is 71.5 Å². The third-order valence-electron chi connectivity index (χ3n) is 4.30. The van der Waals surface area contributed by atoms with E-state index in [0.29, 0.717) is 23.9 Å². The molecule has 0 spiro atoms. The van der Waals surface area contributed by atoms with Crippen LogP contribution < -0.4 is 15.4 Å². The minimum Gasteiger partial charge on any atom is -0.439 e. The molecule has 1 aromatic heterocycles. The van der Waals surface area contributed by atoms with E-state index in [1.165, 1.54) is 17.5 Å². The topological polar surface area (TPSA) is 76.1 Å². The van der Waals surface area contributed by atoms with Crippen molar-refractivity contribution in [1.29, 1.82) is 0 Å². The summed E-state index contributed by atoms with van der Waals surface area (Å²) in [6, 6.07) is 15.0. The number of hydrogen-bond acceptors (Lipinski definition) is 5. The van der Waals surface area contributed by atoms with Gasteiger partial charge in [-0.2, -0.15) is 0 Å². The van der Waals surface area contributed by atoms with Gasteiger partial charge in [-0.1, -0.05) is 18.2 Å². The molecule has 3 rings (SSSR count). The Kier molecular flexibility index (Phi) is 6.22. The van der Waals surface area contributed by atoms with E-state index in [1.807, 2.05) is 26.0 Å². The van der Waals surface area contributed by atoms with Crippen molar-refractivity contribution in [3.63, 3.8) is 0 Å². The first-order valence-corrected chi connectivity index (χ1v) is 9.23. The molecule has 1 amide bonds. The van der Waals surface area contributed by atoms with E-state index >= 15 is 0 Å². The van der Waals surface area contributed by atoms with Crippen LogP contribution in [0, 0.1) is 13.8 Å². The molecule has 0 aliphatic carbocycles. The normalized spacial score (nSPS) is 10.4. The number of rotatable bonds is 7. The number of aromatic nitrogens is 2. The van der Waals surface area contributed by atoms with Crippen molar-refractivity contribution in [2.75, 3.05) is 17.2 Å². The zero-order valence-corrected chi connectivity index (χ0v) is 16.3. The Bertz CT molecular complexity index is 955. The number of benzene rings is 2. The molecule has 0 saturated heterocycles. The molecule has 1 heterocycles. The fourth-order valence-corrected chi connectivity index (χ4v) is 2.70. The van der Waals surface area contributed by atoms with Crippen LogP contribution in [-0.4, -0.2) is 22.4 Å². The first-order chi connectivity index (χ1) is 13.5. The average Bonchev–Trinajstić information content (AvgIpc) is 2.67. The van der Waals surface area contributed by atoms with Crippen LogP contribution in [0.5, 0.6) is 11.6 Å². The highest BCUT2D eigenvalue weighted by molar-refractivity contribution is 5.92. The van der Waals surface area contributed by atoms with Gasteiger partial charge < -0.3 is 15.4 Å². The number of hydrogen-bond donors (Lipinski definition) is 2. The van der Waals surface area contributed by atoms with E-state index in [9.17, 15) is 4.79 Å². The van der Waals surface area contributed by atoms with Gasteiger partial charge in [-0.05, 0) is 61.7 Å². The van der Waals surface area contributed by atoms with Crippen LogP contribution in [0.1, 0.15) is 23.6 Å². The van der Waals surface area contributed by atoms with E-state index in [0.717, 1.165) is 17.8 Å². The minimum atomic E-state index is -0.0528. The van der Waals surface area contributed by atoms with Crippen LogP contribution in [0.3, 0.4) is 0 Å². The zero-order valence-electron chi connectivity index (χ0n) is 16.3. The summed E-state index contributed by atoms with van der Waals surface area (Å²) in [5, 5.41) is 6.02. The average molecular weight is 376 g/mol. The fraction of sp³-hybridized carbons (Fsp3) is 0.227. The predicted molar refractivity (Wildman–Crippen MR) is 111 cm³/mol. The van der Waals surface area contributed by atoms with Crippen molar-refractivity contribution >= 4 is 17.4 Å². The Labute approximate surface area is 165 Å². The maximum atomic E-state index is 12.3. The second kappa shape index (κ2) is 8.99. The van der Waals surface area contributed by atoms with Crippen LogP contribution >= 0.6 is 0 Å². The molecule has 28 heavy (non-hydrogen) atoms. The summed E-state index contributed by atoms with van der Waals surface area (Å²) < 4.78 is 5.74. The number of nitrogens with zero attached hydrogens (tertiary/aromatic N) is 2. The van der Waals surface area contributed by atoms with Gasteiger partial charge in [0, 0.05) is 18.3 Å². The van der Waals surface area contributed by atoms with E-state index in [-0.39, 0.29) is 5.91 Å². The van der Waals surface area contributed by atoms with Gasteiger partial charge in [0.2, 0.25) is 11.8 Å². The molecule has 144 valence electrons. The zero-order chi connectivity index (χ0) is 19.9. The maximum absolute atomic E-state index is 12.3. The van der Waals surface area contributed by atoms with Crippen LogP contribution in [0.4, 0.5) is 11.5 Å². The Morgan fingerprint density at radius 1 is 1.00 bits per heavy atom. The van der Waals surface area contributed by atoms with Crippen LogP contribution in [0.25, 0.3) is 0 Å². The number of carbonyl (C=O) groups excluding carboxylic acids is 1. The Balaban J connectivity index is 1.58. The maximum Gasteiger partial charge on any atom is 0.228 e. The molecule has 0 radical (unpaired) electrons. The van der Waals surface area contributed by atoms with E-state index in [4.69, 9.17) is 4.74 Å². The molecule has 6 heteroatoms. The van der Waals surface area contributed by atoms with Gasteiger partial charge >= 0.3 is 0 Å². The summed E-state index contributed by atoms with van der Waals surface area (Å²) in [4.78, 5) is 20.5. The van der Waals surface area contributed by atoms with Crippen LogP contribution in [0.15, 0.2) is 54.9 Å². The van der Waals surface area contributed by atoms with Gasteiger partial charge in [0.25, 0.3) is 0 Å². The Hall–Kier alpha value is -3.41. The molecule has 6 nitrogen and oxygen atoms in total. The Morgan fingerprint density at radius 3 is 2.50 bits per heavy atom. The van der Waals surface area contributed by atoms with Crippen molar-refractivity contribution < 1.29 is 9.53 Å². The summed E-state index contributed by atoms with van der Waals surface area (Å²) in [7, 11) is 0. The van der Waals surface area contributed by atoms with Crippen molar-refractivity contribution in [2.24, 2.45) is 0 Å². The largest absolute Gasteiger partial charge is 0.439 e. The standard InChI is InChI=1S/C22H24N4O2/c1-4-23-20-13-22(25-14-24-20)28-19-9-7-18(8-10-19)26-21(27)12-17-6-5-15(2)16(3)11-17/h5-11,13-14H,4,12H2,1-3H3,(H,26,27)(H,23,24,25). The van der Waals surface area contributed by atoms with Gasteiger partial charge in [-0.15, -0.1) is 0 Å². The molecule has 3 aromatic rings. The van der Waals surface area contributed by atoms with Gasteiger partial charge in [-0.25, -0.2) is 9.97 Å². The lowest BCUT2D eigenvalue weighted by Crippen LogP contribution is -2.14. The number of amides is 1. The number of ether oxygens (including phenoxy) is 1. The summed E-state index contributed by atoms with van der Waals surface area (Å²) in [5.74, 6) is 1.75. The lowest BCUT2D eigenvalue weighted by Gasteiger charge is -2.09. The first-order valence-electron chi connectivity index (χ1n) is 9.23. The second-order valence-corrected chi connectivity index (χ2v) is 6.54. The molecule has 2 aromatic carbocycles. The molecule has 0 aliphatic heterocycles. The molecule has 0 bridgehead atoms. The van der Waals surface area contributed by atoms with Gasteiger partial charge in [-0.3, -0.25) is 4.79 Å². The molecular formula is C22H24N4O2. The van der Waals surface area contributed by atoms with E-state index in [1.54, 1.807) is 30.3 Å². The number of nitrogens with one attached hydrogen (secondary N) is 2. The molecular weight excluding hydrogens is 352 g/mol. The molecule has 0 saturated carbocycles. The first kappa shape index (κ1) is 19.4. The molecule has 0 aliphatic rings. The molecule has 2 N–H and O–H groups in total. The quantitative estimate of drug-likeness (QED) is 0.635. The van der Waals surface area contributed by atoms with Crippen LogP contribution in [-0.2, 0) is 11.2 Å². The van der Waals surface area contributed by atoms with Crippen LogP contribution in [0.2, 0.25) is 0 Å². The summed E-state index contributed by atoms with van der Waals surface area (Å²) in [6.07, 6.45) is 1.79. The number of aryl methyl sites for hydroxylation is 2. The van der Waals surface area contributed by atoms with Gasteiger partial charge in [0.05, 0.1) is 6.42 Å². The lowest BCUT2D eigenvalue weighted by molar-refractivity contribution is -0.115. The summed E-state index contributed by atoms with van der Waals surface area (Å²) in [6.45, 7) is 6.88. The highest BCUT2D eigenvalue weighted by Gasteiger charge is 2.06. The predicted octanol–water partition coefficient (Wildman–Crippen LogP) is 4.50. The highest BCUT2D eigenvalue weighted by Crippen LogP contribution is 2.22. The van der Waals surface area contributed by atoms with Crippen molar-refractivity contribution in [1.82, 2.24) is 9.97 Å². The second-order valence-electron chi connectivity index (χ2n) is 6.54. The third-order valence-corrected chi connectivity index (χ3v) is 4.30. The summed E-state index contributed by atoms with van der Waals surface area (Å²) >= 11 is 0. The highest BCUT2D eigenvalue weighted by atomic mass is 16.5. The number of carbonyl (C=O) groups is 1. The third kappa shape index (κ3) is 5.30. The van der Waals surface area contributed by atoms with E-state index < -0.39 is 0 Å². The molecule has 0 unspecified atom stereocenters. The van der Waals surface area contributed by atoms with Crippen molar-refractivity contribution in [3.8, 4) is 11.6 Å². The lowest BCUT2D eigenvalue weighted by atomic mass is 10.0. The smallest absolute Gasteiger partial charge is 0.228 e. The fourth-order valence-electron chi connectivity index (χ4n) is 2.70. The SMILES string of the molecule is CCNc1cc(Oc2ccc(NC(=O)Cc3ccc(C)c(C)c3)cc2)ncn1.